The molecule has 2 saturated carbocycles. The van der Waals surface area contributed by atoms with Crippen LogP contribution in [0, 0.1) is 34.5 Å². The molecule has 6 atom stereocenters. The van der Waals surface area contributed by atoms with Gasteiger partial charge in [-0.25, -0.2) is 6.42 Å². The minimum absolute atomic E-state index is 0. The maximum atomic E-state index is 12.5. The Bertz CT molecular complexity index is 778. The molecule has 1 N–H and O–H groups in total. The molecular weight excluding hydrogens is 413 g/mol. The topological polar surface area (TPSA) is 54.4 Å². The summed E-state index contributed by atoms with van der Waals surface area (Å²) >= 11 is 0. The Balaban J connectivity index is 0.00000210. The van der Waals surface area contributed by atoms with E-state index in [1.807, 2.05) is 13.0 Å². The molecule has 4 aliphatic rings. The molecule has 0 aliphatic heterocycles. The van der Waals surface area contributed by atoms with Crippen LogP contribution in [-0.4, -0.2) is 22.8 Å². The van der Waals surface area contributed by atoms with Gasteiger partial charge in [-0.05, 0) is 41.7 Å². The summed E-state index contributed by atoms with van der Waals surface area (Å²) in [5, 5.41) is 11.4. The summed E-state index contributed by atoms with van der Waals surface area (Å²) in [7, 11) is 0. The number of hydrogen-bond acceptors (Lipinski definition) is 3. The summed E-state index contributed by atoms with van der Waals surface area (Å²) in [6, 6.07) is 0. The van der Waals surface area contributed by atoms with E-state index in [4.69, 9.17) is 0 Å². The van der Waals surface area contributed by atoms with Crippen molar-refractivity contribution in [2.45, 2.75) is 59.5 Å². The maximum absolute atomic E-state index is 12.5. The molecule has 27 heavy (non-hydrogen) atoms. The van der Waals surface area contributed by atoms with Gasteiger partial charge in [-0.15, -0.1) is 0 Å². The van der Waals surface area contributed by atoms with Crippen molar-refractivity contribution in [3.05, 3.63) is 41.9 Å². The van der Waals surface area contributed by atoms with Gasteiger partial charge in [0, 0.05) is 50.0 Å². The van der Waals surface area contributed by atoms with E-state index in [-0.39, 0.29) is 66.4 Å². The van der Waals surface area contributed by atoms with Crippen LogP contribution in [0.15, 0.2) is 35.5 Å². The number of carbonyl (C=O) groups is 2. The molecular formula is C23H29O3Y-. The van der Waals surface area contributed by atoms with E-state index in [2.05, 4.69) is 33.3 Å². The van der Waals surface area contributed by atoms with Gasteiger partial charge in [-0.1, -0.05) is 46.3 Å². The number of allylic oxidation sites excluding steroid dienone is 6. The van der Waals surface area contributed by atoms with E-state index in [1.165, 1.54) is 0 Å². The van der Waals surface area contributed by atoms with Gasteiger partial charge in [0.1, 0.15) is 0 Å². The smallest absolute Gasteiger partial charge is 0.158 e. The molecule has 0 aromatic carbocycles. The van der Waals surface area contributed by atoms with E-state index >= 15 is 0 Å². The van der Waals surface area contributed by atoms with Crippen LogP contribution in [0.3, 0.4) is 0 Å². The summed E-state index contributed by atoms with van der Waals surface area (Å²) < 4.78 is 0. The van der Waals surface area contributed by atoms with Gasteiger partial charge in [-0.2, -0.15) is 11.6 Å². The Labute approximate surface area is 187 Å². The molecule has 0 saturated heterocycles. The Morgan fingerprint density at radius 2 is 2.00 bits per heavy atom. The zero-order valence-corrected chi connectivity index (χ0v) is 19.6. The first-order valence-corrected chi connectivity index (χ1v) is 9.89. The first-order chi connectivity index (χ1) is 12.2. The number of carbonyl (C=O) groups excluding carboxylic acids is 2. The SMILES string of the molecule is CCC(=O)C1=CC[C@H]2[C@@H]3C[CH-]C4=CC(=O)C=C[C@]4(C)[C@@]3(C)[C@@H](O)C[C@]12C.[Y]. The van der Waals surface area contributed by atoms with Crippen molar-refractivity contribution in [2.24, 2.45) is 28.1 Å². The van der Waals surface area contributed by atoms with E-state index in [0.717, 1.165) is 24.0 Å². The van der Waals surface area contributed by atoms with E-state index < -0.39 is 6.10 Å². The van der Waals surface area contributed by atoms with Crippen molar-refractivity contribution >= 4 is 11.6 Å². The standard InChI is InChI=1S/C23H29O3.Y/c1-5-19(25)18-9-8-16-17-7-6-14-12-15(24)10-11-22(14,3)23(17,4)20(26)13-21(16,18)2;/h6,9-12,16-17,20,26H,5,7-8,13H2,1-4H3;/q-1;/t16-,17-,20-,21-,22-,23+;/m0./s1. The van der Waals surface area contributed by atoms with Gasteiger partial charge in [-0.3, -0.25) is 4.79 Å². The number of aliphatic hydroxyl groups excluding tert-OH is 1. The van der Waals surface area contributed by atoms with Gasteiger partial charge in [0.2, 0.25) is 0 Å². The first kappa shape index (κ1) is 21.2. The van der Waals surface area contributed by atoms with Crippen LogP contribution < -0.4 is 0 Å². The Kier molecular flexibility index (Phi) is 5.33. The first-order valence-electron chi connectivity index (χ1n) is 9.89. The molecule has 0 spiro atoms. The molecule has 0 heterocycles. The summed E-state index contributed by atoms with van der Waals surface area (Å²) in [5.74, 6) is 0.904. The van der Waals surface area contributed by atoms with Crippen LogP contribution in [0.25, 0.3) is 0 Å². The second-order valence-corrected chi connectivity index (χ2v) is 9.24. The van der Waals surface area contributed by atoms with Crippen LogP contribution in [0.5, 0.6) is 0 Å². The van der Waals surface area contributed by atoms with Gasteiger partial charge < -0.3 is 9.90 Å². The van der Waals surface area contributed by atoms with Crippen LogP contribution in [-0.2, 0) is 42.3 Å². The maximum Gasteiger partial charge on any atom is 0.158 e. The third-order valence-electron chi connectivity index (χ3n) is 8.39. The van der Waals surface area contributed by atoms with Crippen molar-refractivity contribution in [1.82, 2.24) is 0 Å². The summed E-state index contributed by atoms with van der Waals surface area (Å²) in [4.78, 5) is 24.4. The molecule has 4 aliphatic carbocycles. The fraction of sp³-hybridized carbons (Fsp3) is 0.609. The summed E-state index contributed by atoms with van der Waals surface area (Å²) in [6.07, 6.45) is 12.1. The van der Waals surface area contributed by atoms with E-state index in [1.54, 1.807) is 12.2 Å². The van der Waals surface area contributed by atoms with Crippen molar-refractivity contribution in [1.29, 1.82) is 0 Å². The number of fused-ring (bicyclic) bond motifs is 5. The minimum Gasteiger partial charge on any atom is -0.392 e. The molecule has 4 heteroatoms. The molecule has 4 rings (SSSR count). The molecule has 0 aromatic rings. The van der Waals surface area contributed by atoms with Crippen LogP contribution in [0.4, 0.5) is 0 Å². The summed E-state index contributed by atoms with van der Waals surface area (Å²) in [6.45, 7) is 8.46. The largest absolute Gasteiger partial charge is 0.392 e. The number of hydrogen-bond donors (Lipinski definition) is 1. The molecule has 2 fully saturated rings. The van der Waals surface area contributed by atoms with Gasteiger partial charge in [0.15, 0.2) is 5.78 Å². The minimum atomic E-state index is -0.514. The third kappa shape index (κ3) is 2.61. The van der Waals surface area contributed by atoms with E-state index in [0.29, 0.717) is 18.8 Å². The second kappa shape index (κ2) is 6.78. The summed E-state index contributed by atoms with van der Waals surface area (Å²) in [5.41, 5.74) is 1.06. The second-order valence-electron chi connectivity index (χ2n) is 9.24. The fourth-order valence-corrected chi connectivity index (χ4v) is 6.56. The molecule has 0 bridgehead atoms. The quantitative estimate of drug-likeness (QED) is 0.659. The number of rotatable bonds is 2. The average Bonchev–Trinajstić information content (AvgIpc) is 2.93. The van der Waals surface area contributed by atoms with Crippen molar-refractivity contribution < 1.29 is 47.4 Å². The average molecular weight is 442 g/mol. The van der Waals surface area contributed by atoms with Crippen molar-refractivity contribution in [3.8, 4) is 0 Å². The van der Waals surface area contributed by atoms with Gasteiger partial charge in [0.05, 0.1) is 11.9 Å². The van der Waals surface area contributed by atoms with E-state index in [9.17, 15) is 14.7 Å². The molecule has 0 unspecified atom stereocenters. The van der Waals surface area contributed by atoms with Crippen molar-refractivity contribution in [3.63, 3.8) is 0 Å². The van der Waals surface area contributed by atoms with Crippen LogP contribution in [0.1, 0.15) is 53.4 Å². The zero-order chi connectivity index (χ0) is 18.9. The normalized spacial score (nSPS) is 44.8. The molecule has 0 aromatic heterocycles. The molecule has 143 valence electrons. The Hall–Kier alpha value is -0.506. The van der Waals surface area contributed by atoms with Crippen molar-refractivity contribution in [2.75, 3.05) is 0 Å². The fourth-order valence-electron chi connectivity index (χ4n) is 6.56. The van der Waals surface area contributed by atoms with Gasteiger partial charge in [0.25, 0.3) is 0 Å². The Morgan fingerprint density at radius 3 is 2.67 bits per heavy atom. The van der Waals surface area contributed by atoms with Gasteiger partial charge >= 0.3 is 0 Å². The number of Topliss-reactive ketones (excluding diaryl/α,β-unsaturated/α-hetero) is 1. The predicted octanol–water partition coefficient (Wildman–Crippen LogP) is 3.98. The Morgan fingerprint density at radius 1 is 1.30 bits per heavy atom. The predicted molar refractivity (Wildman–Crippen MR) is 101 cm³/mol. The third-order valence-corrected chi connectivity index (χ3v) is 8.39. The number of aliphatic hydroxyl groups is 1. The monoisotopic (exact) mass is 442 g/mol. The molecule has 3 nitrogen and oxygen atoms in total. The van der Waals surface area contributed by atoms with Crippen LogP contribution >= 0.6 is 0 Å². The van der Waals surface area contributed by atoms with Crippen LogP contribution in [0.2, 0.25) is 0 Å². The molecule has 1 radical (unpaired) electrons. The zero-order valence-electron chi connectivity index (χ0n) is 16.8. The number of ketones is 2. The molecule has 0 amide bonds.